The van der Waals surface area contributed by atoms with Crippen molar-refractivity contribution in [2.75, 3.05) is 11.4 Å². The fourth-order valence-corrected chi connectivity index (χ4v) is 3.47. The van der Waals surface area contributed by atoms with E-state index in [1.165, 1.54) is 16.5 Å². The lowest BCUT2D eigenvalue weighted by molar-refractivity contribution is -0.667. The monoisotopic (exact) mass is 470 g/mol. The molecule has 0 radical (unpaired) electrons. The molecule has 2 aromatic carbocycles. The molecular weight excluding hydrogens is 447 g/mol. The minimum absolute atomic E-state index is 0. The van der Waals surface area contributed by atoms with Gasteiger partial charge in [-0.15, -0.1) is 0 Å². The second-order valence-electron chi connectivity index (χ2n) is 6.25. The van der Waals surface area contributed by atoms with Crippen molar-refractivity contribution in [1.82, 2.24) is 0 Å². The van der Waals surface area contributed by atoms with E-state index < -0.39 is 0 Å². The van der Waals surface area contributed by atoms with Gasteiger partial charge in [0.2, 0.25) is 11.4 Å². The Kier molecular flexibility index (Phi) is 6.16. The highest BCUT2D eigenvalue weighted by Crippen LogP contribution is 2.38. The molecule has 0 N–H and O–H groups in total. The van der Waals surface area contributed by atoms with E-state index in [1.54, 1.807) is 0 Å². The Labute approximate surface area is 177 Å². The number of benzene rings is 2. The van der Waals surface area contributed by atoms with Crippen molar-refractivity contribution in [2.24, 2.45) is 0 Å². The van der Waals surface area contributed by atoms with Crippen LogP contribution in [0.1, 0.15) is 19.4 Å². The number of halogens is 1. The molecule has 4 heteroatoms. The zero-order valence-corrected chi connectivity index (χ0v) is 17.8. The van der Waals surface area contributed by atoms with E-state index in [0.717, 1.165) is 30.4 Å². The minimum atomic E-state index is 0. The van der Waals surface area contributed by atoms with E-state index in [4.69, 9.17) is 4.74 Å². The van der Waals surface area contributed by atoms with Crippen LogP contribution in [-0.4, -0.2) is 6.54 Å². The van der Waals surface area contributed by atoms with Crippen LogP contribution in [0.2, 0.25) is 0 Å². The Bertz CT molecular complexity index is 1010. The highest BCUT2D eigenvalue weighted by molar-refractivity contribution is 5.85. The van der Waals surface area contributed by atoms with E-state index >= 15 is 0 Å². The zero-order valence-electron chi connectivity index (χ0n) is 15.6. The number of aromatic nitrogens is 1. The van der Waals surface area contributed by atoms with Crippen LogP contribution < -0.4 is 38.2 Å². The van der Waals surface area contributed by atoms with Crippen LogP contribution in [0.5, 0.6) is 5.75 Å². The molecule has 0 saturated carbocycles. The smallest absolute Gasteiger partial charge is 0.213 e. The molecule has 0 saturated heterocycles. The number of nitrogens with zero attached hydrogens (tertiary/aromatic N) is 2. The average Bonchev–Trinajstić information content (AvgIpc) is 3.05. The number of fused-ring (bicyclic) bond motifs is 2. The topological polar surface area (TPSA) is 16.4 Å². The van der Waals surface area contributed by atoms with Gasteiger partial charge in [-0.2, -0.15) is 4.57 Å². The van der Waals surface area contributed by atoms with Crippen molar-refractivity contribution in [3.8, 4) is 5.75 Å². The Morgan fingerprint density at radius 3 is 2.59 bits per heavy atom. The Morgan fingerprint density at radius 2 is 1.78 bits per heavy atom. The van der Waals surface area contributed by atoms with Crippen LogP contribution in [0.15, 0.2) is 78.8 Å². The molecule has 3 nitrogen and oxygen atoms in total. The van der Waals surface area contributed by atoms with E-state index in [2.05, 4.69) is 78.1 Å². The summed E-state index contributed by atoms with van der Waals surface area (Å²) in [5.74, 6) is 1.79. The van der Waals surface area contributed by atoms with Crippen molar-refractivity contribution in [3.05, 3.63) is 84.4 Å². The summed E-state index contributed by atoms with van der Waals surface area (Å²) in [6.45, 7) is 6.14. The zero-order chi connectivity index (χ0) is 17.9. The van der Waals surface area contributed by atoms with E-state index in [-0.39, 0.29) is 24.0 Å². The van der Waals surface area contributed by atoms with Crippen molar-refractivity contribution in [3.63, 3.8) is 0 Å². The summed E-state index contributed by atoms with van der Waals surface area (Å²) in [5, 5.41) is 1.26. The maximum Gasteiger partial charge on any atom is 0.213 e. The Morgan fingerprint density at radius 1 is 1.00 bits per heavy atom. The van der Waals surface area contributed by atoms with Crippen molar-refractivity contribution >= 4 is 22.7 Å². The number of pyridine rings is 1. The fraction of sp³-hybridized carbons (Fsp3) is 0.174. The van der Waals surface area contributed by atoms with E-state index in [9.17, 15) is 0 Å². The third-order valence-electron chi connectivity index (χ3n) is 4.77. The van der Waals surface area contributed by atoms with Gasteiger partial charge in [0.1, 0.15) is 6.54 Å². The van der Waals surface area contributed by atoms with Gasteiger partial charge in [0.05, 0.1) is 11.1 Å². The number of ether oxygens (including phenoxy) is 1. The summed E-state index contributed by atoms with van der Waals surface area (Å²) in [7, 11) is 0. The summed E-state index contributed by atoms with van der Waals surface area (Å²) in [6, 6.07) is 18.9. The van der Waals surface area contributed by atoms with Crippen LogP contribution in [0.4, 0.5) is 5.69 Å². The summed E-state index contributed by atoms with van der Waals surface area (Å²) in [4.78, 5) is 2.19. The molecule has 0 fully saturated rings. The van der Waals surface area contributed by atoms with Crippen LogP contribution in [0.25, 0.3) is 17.0 Å². The van der Waals surface area contributed by atoms with Gasteiger partial charge in [0.15, 0.2) is 11.9 Å². The molecule has 1 aromatic heterocycles. The first kappa shape index (κ1) is 19.4. The number of hydrogen-bond acceptors (Lipinski definition) is 2. The predicted octanol–water partition coefficient (Wildman–Crippen LogP) is 1.92. The lowest BCUT2D eigenvalue weighted by Crippen LogP contribution is -3.00. The molecule has 2 heterocycles. The number of para-hydroxylation sites is 3. The largest absolute Gasteiger partial charge is 1.00 e. The van der Waals surface area contributed by atoms with Gasteiger partial charge in [0.25, 0.3) is 0 Å². The molecule has 1 aliphatic rings. The first-order chi connectivity index (χ1) is 12.8. The fourth-order valence-electron chi connectivity index (χ4n) is 3.47. The predicted molar refractivity (Wildman–Crippen MR) is 107 cm³/mol. The Balaban J connectivity index is 0.00000210. The highest BCUT2D eigenvalue weighted by atomic mass is 127. The van der Waals surface area contributed by atoms with Crippen LogP contribution in [-0.2, 0) is 6.54 Å². The number of hydrogen-bond donors (Lipinski definition) is 0. The normalized spacial score (nSPS) is 14.4. The van der Waals surface area contributed by atoms with Gasteiger partial charge in [-0.1, -0.05) is 36.4 Å². The second kappa shape index (κ2) is 8.57. The molecule has 138 valence electrons. The van der Waals surface area contributed by atoms with Gasteiger partial charge in [0, 0.05) is 18.7 Å². The first-order valence-electron chi connectivity index (χ1n) is 9.15. The number of rotatable bonds is 4. The van der Waals surface area contributed by atoms with E-state index in [1.807, 2.05) is 24.3 Å². The number of anilines is 1. The molecule has 0 aliphatic carbocycles. The summed E-state index contributed by atoms with van der Waals surface area (Å²) in [5.41, 5.74) is 3.59. The SMILES string of the molecule is CCN1C(=CC=Cc2cc[n+](CC)c3ccccc23)Oc2ccccc21.[I-]. The lowest BCUT2D eigenvalue weighted by Gasteiger charge is -2.14. The molecule has 0 bridgehead atoms. The van der Waals surface area contributed by atoms with Crippen molar-refractivity contribution in [1.29, 1.82) is 0 Å². The quantitative estimate of drug-likeness (QED) is 0.428. The van der Waals surface area contributed by atoms with Gasteiger partial charge in [-0.05, 0) is 43.7 Å². The molecule has 3 aromatic rings. The number of aryl methyl sites for hydroxylation is 1. The average molecular weight is 470 g/mol. The molecule has 0 amide bonds. The second-order valence-corrected chi connectivity index (χ2v) is 6.25. The first-order valence-corrected chi connectivity index (χ1v) is 9.15. The third kappa shape index (κ3) is 3.72. The van der Waals surface area contributed by atoms with Gasteiger partial charge in [-0.25, -0.2) is 0 Å². The summed E-state index contributed by atoms with van der Waals surface area (Å²) >= 11 is 0. The molecule has 1 aliphatic heterocycles. The number of allylic oxidation sites excluding steroid dienone is 2. The van der Waals surface area contributed by atoms with Gasteiger partial charge in [-0.3, -0.25) is 0 Å². The summed E-state index contributed by atoms with van der Waals surface area (Å²) in [6.07, 6.45) is 8.41. The molecule has 0 spiro atoms. The van der Waals surface area contributed by atoms with E-state index in [0.29, 0.717) is 0 Å². The maximum atomic E-state index is 6.00. The molecular formula is C23H23IN2O. The van der Waals surface area contributed by atoms with Crippen molar-refractivity contribution in [2.45, 2.75) is 20.4 Å². The minimum Gasteiger partial charge on any atom is -1.00 e. The maximum absolute atomic E-state index is 6.00. The lowest BCUT2D eigenvalue weighted by atomic mass is 10.1. The molecule has 0 unspecified atom stereocenters. The molecule has 27 heavy (non-hydrogen) atoms. The van der Waals surface area contributed by atoms with Crippen LogP contribution in [0, 0.1) is 0 Å². The molecule has 4 rings (SSSR count). The van der Waals surface area contributed by atoms with Crippen molar-refractivity contribution < 1.29 is 33.3 Å². The van der Waals surface area contributed by atoms with Gasteiger partial charge >= 0.3 is 0 Å². The molecule has 0 atom stereocenters. The summed E-state index contributed by atoms with van der Waals surface area (Å²) < 4.78 is 8.27. The standard InChI is InChI=1S/C23H23N2O.HI/c1-3-24-17-16-18(19-11-5-6-12-20(19)24)10-9-15-23-25(4-2)21-13-7-8-14-22(21)26-23;/h5-17H,3-4H2,1-2H3;1H/q+1;/p-1. The third-order valence-corrected chi connectivity index (χ3v) is 4.77. The Hall–Kier alpha value is -2.34. The van der Waals surface area contributed by atoms with Gasteiger partial charge < -0.3 is 33.6 Å². The van der Waals surface area contributed by atoms with Crippen LogP contribution >= 0.6 is 0 Å². The highest BCUT2D eigenvalue weighted by Gasteiger charge is 2.23. The van der Waals surface area contributed by atoms with Crippen LogP contribution in [0.3, 0.4) is 0 Å².